The molecular weight excluding hydrogens is 347 g/mol. The van der Waals surface area contributed by atoms with Gasteiger partial charge in [-0.2, -0.15) is 0 Å². The summed E-state index contributed by atoms with van der Waals surface area (Å²) in [5.41, 5.74) is 4.63. The number of carbonyl (C=O) groups excluding carboxylic acids is 1. The van der Waals surface area contributed by atoms with E-state index < -0.39 is 5.82 Å². The third-order valence-electron chi connectivity index (χ3n) is 4.13. The Morgan fingerprint density at radius 2 is 2.00 bits per heavy atom. The van der Waals surface area contributed by atoms with E-state index in [0.29, 0.717) is 5.13 Å². The van der Waals surface area contributed by atoms with Crippen molar-refractivity contribution in [1.29, 1.82) is 0 Å². The predicted octanol–water partition coefficient (Wildman–Crippen LogP) is 5.77. The quantitative estimate of drug-likeness (QED) is 0.621. The molecule has 3 rings (SSSR count). The van der Waals surface area contributed by atoms with Crippen molar-refractivity contribution < 1.29 is 9.18 Å². The van der Waals surface area contributed by atoms with Gasteiger partial charge in [0.1, 0.15) is 5.82 Å². The lowest BCUT2D eigenvalue weighted by Crippen LogP contribution is -2.11. The van der Waals surface area contributed by atoms with Crippen LogP contribution in [0.3, 0.4) is 0 Å². The number of aromatic nitrogens is 1. The van der Waals surface area contributed by atoms with E-state index in [-0.39, 0.29) is 11.5 Å². The average Bonchev–Trinajstić information content (AvgIpc) is 2.99. The molecule has 3 nitrogen and oxygen atoms in total. The first-order valence-corrected chi connectivity index (χ1v) is 9.44. The number of benzene rings is 2. The van der Waals surface area contributed by atoms with E-state index in [0.717, 1.165) is 34.5 Å². The van der Waals surface area contributed by atoms with Crippen LogP contribution in [0.5, 0.6) is 0 Å². The maximum Gasteiger partial charge on any atom is 0.257 e. The number of thiazole rings is 1. The second-order valence-corrected chi connectivity index (χ2v) is 7.41. The standard InChI is InChI=1S/C21H21FN2OS/c1-4-6-18-19(17-11-13(2)9-10-14(17)3)23-21(26-18)24-20(25)15-7-5-8-16(22)12-15/h5,7-12H,4,6H2,1-3H3,(H,23,24,25). The van der Waals surface area contributed by atoms with Crippen LogP contribution in [0.4, 0.5) is 9.52 Å². The minimum Gasteiger partial charge on any atom is -0.298 e. The fourth-order valence-electron chi connectivity index (χ4n) is 2.80. The average molecular weight is 368 g/mol. The number of nitrogens with one attached hydrogen (secondary N) is 1. The fourth-order valence-corrected chi connectivity index (χ4v) is 3.87. The lowest BCUT2D eigenvalue weighted by molar-refractivity contribution is 0.102. The Balaban J connectivity index is 1.94. The van der Waals surface area contributed by atoms with Gasteiger partial charge in [-0.1, -0.05) is 37.1 Å². The molecule has 0 unspecified atom stereocenters. The third-order valence-corrected chi connectivity index (χ3v) is 5.16. The van der Waals surface area contributed by atoms with Gasteiger partial charge >= 0.3 is 0 Å². The largest absolute Gasteiger partial charge is 0.298 e. The first-order valence-electron chi connectivity index (χ1n) is 8.62. The zero-order valence-corrected chi connectivity index (χ0v) is 15.9. The SMILES string of the molecule is CCCc1sc(NC(=O)c2cccc(F)c2)nc1-c1cc(C)ccc1C. The molecule has 0 atom stereocenters. The summed E-state index contributed by atoms with van der Waals surface area (Å²) in [7, 11) is 0. The van der Waals surface area contributed by atoms with Gasteiger partial charge in [0.05, 0.1) is 5.69 Å². The Kier molecular flexibility index (Phi) is 5.47. The summed E-state index contributed by atoms with van der Waals surface area (Å²) in [6.07, 6.45) is 1.90. The monoisotopic (exact) mass is 368 g/mol. The van der Waals surface area contributed by atoms with Crippen molar-refractivity contribution in [2.75, 3.05) is 5.32 Å². The van der Waals surface area contributed by atoms with Gasteiger partial charge < -0.3 is 0 Å². The number of anilines is 1. The lowest BCUT2D eigenvalue weighted by Gasteiger charge is -2.06. The van der Waals surface area contributed by atoms with Gasteiger partial charge in [0.2, 0.25) is 0 Å². The zero-order valence-electron chi connectivity index (χ0n) is 15.1. The van der Waals surface area contributed by atoms with Crippen LogP contribution < -0.4 is 5.32 Å². The highest BCUT2D eigenvalue weighted by atomic mass is 32.1. The van der Waals surface area contributed by atoms with E-state index in [4.69, 9.17) is 0 Å². The molecule has 1 aromatic heterocycles. The Morgan fingerprint density at radius 1 is 1.19 bits per heavy atom. The van der Waals surface area contributed by atoms with E-state index in [2.05, 4.69) is 49.3 Å². The maximum absolute atomic E-state index is 13.3. The highest BCUT2D eigenvalue weighted by molar-refractivity contribution is 7.16. The number of rotatable bonds is 5. The lowest BCUT2D eigenvalue weighted by atomic mass is 10.0. The summed E-state index contributed by atoms with van der Waals surface area (Å²) in [5.74, 6) is -0.784. The number of nitrogens with zero attached hydrogens (tertiary/aromatic N) is 1. The maximum atomic E-state index is 13.3. The van der Waals surface area contributed by atoms with Gasteiger partial charge in [-0.25, -0.2) is 9.37 Å². The molecule has 0 saturated carbocycles. The zero-order chi connectivity index (χ0) is 18.7. The summed E-state index contributed by atoms with van der Waals surface area (Å²) in [4.78, 5) is 18.2. The molecule has 1 heterocycles. The van der Waals surface area contributed by atoms with Crippen LogP contribution in [-0.2, 0) is 6.42 Å². The van der Waals surface area contributed by atoms with E-state index in [9.17, 15) is 9.18 Å². The van der Waals surface area contributed by atoms with E-state index in [1.54, 1.807) is 6.07 Å². The highest BCUT2D eigenvalue weighted by Crippen LogP contribution is 2.34. The first kappa shape index (κ1) is 18.3. The number of hydrogen-bond acceptors (Lipinski definition) is 3. The van der Waals surface area contributed by atoms with E-state index in [1.807, 2.05) is 0 Å². The van der Waals surface area contributed by atoms with Gasteiger partial charge in [-0.15, -0.1) is 11.3 Å². The topological polar surface area (TPSA) is 42.0 Å². The molecule has 1 amide bonds. The van der Waals surface area contributed by atoms with Gasteiger partial charge in [0.25, 0.3) is 5.91 Å². The molecule has 1 N–H and O–H groups in total. The van der Waals surface area contributed by atoms with Crippen LogP contribution in [0, 0.1) is 19.7 Å². The smallest absolute Gasteiger partial charge is 0.257 e. The summed E-state index contributed by atoms with van der Waals surface area (Å²) in [6.45, 7) is 6.24. The van der Waals surface area contributed by atoms with Crippen LogP contribution in [0.1, 0.15) is 39.7 Å². The molecule has 0 saturated heterocycles. The van der Waals surface area contributed by atoms with Gasteiger partial charge in [-0.05, 0) is 50.1 Å². The number of hydrogen-bond donors (Lipinski definition) is 1. The van der Waals surface area contributed by atoms with Crippen molar-refractivity contribution in [3.63, 3.8) is 0 Å². The van der Waals surface area contributed by atoms with Crippen molar-refractivity contribution in [1.82, 2.24) is 4.98 Å². The van der Waals surface area contributed by atoms with Crippen molar-refractivity contribution in [2.45, 2.75) is 33.6 Å². The first-order chi connectivity index (χ1) is 12.5. The van der Waals surface area contributed by atoms with Gasteiger partial charge in [0.15, 0.2) is 5.13 Å². The van der Waals surface area contributed by atoms with Crippen LogP contribution in [0.25, 0.3) is 11.3 Å². The van der Waals surface area contributed by atoms with E-state index >= 15 is 0 Å². The Labute approximate surface area is 156 Å². The second kappa shape index (κ2) is 7.79. The molecule has 0 spiro atoms. The highest BCUT2D eigenvalue weighted by Gasteiger charge is 2.17. The molecule has 134 valence electrons. The summed E-state index contributed by atoms with van der Waals surface area (Å²) in [5, 5.41) is 3.35. The fraction of sp³-hybridized carbons (Fsp3) is 0.238. The summed E-state index contributed by atoms with van der Waals surface area (Å²) < 4.78 is 13.3. The number of aryl methyl sites for hydroxylation is 3. The van der Waals surface area contributed by atoms with Gasteiger partial charge in [-0.3, -0.25) is 10.1 Å². The van der Waals surface area contributed by atoms with Crippen molar-refractivity contribution >= 4 is 22.4 Å². The molecule has 5 heteroatoms. The minimum atomic E-state index is -0.431. The summed E-state index contributed by atoms with van der Waals surface area (Å²) >= 11 is 1.48. The molecule has 3 aromatic rings. The Hall–Kier alpha value is -2.53. The molecule has 0 aliphatic heterocycles. The van der Waals surface area contributed by atoms with Crippen LogP contribution in [0.15, 0.2) is 42.5 Å². The predicted molar refractivity (Wildman–Crippen MR) is 105 cm³/mol. The number of amides is 1. The molecule has 0 bridgehead atoms. The van der Waals surface area contributed by atoms with Crippen LogP contribution in [0.2, 0.25) is 0 Å². The van der Waals surface area contributed by atoms with Crippen LogP contribution >= 0.6 is 11.3 Å². The van der Waals surface area contributed by atoms with Gasteiger partial charge in [0, 0.05) is 16.0 Å². The molecular formula is C21H21FN2OS. The molecule has 0 fully saturated rings. The molecule has 0 radical (unpaired) electrons. The summed E-state index contributed by atoms with van der Waals surface area (Å²) in [6, 6.07) is 11.9. The Bertz CT molecular complexity index is 949. The minimum absolute atomic E-state index is 0.283. The molecule has 2 aromatic carbocycles. The van der Waals surface area contributed by atoms with Crippen LogP contribution in [-0.4, -0.2) is 10.9 Å². The number of halogens is 1. The van der Waals surface area contributed by atoms with Crippen molar-refractivity contribution in [3.8, 4) is 11.3 Å². The normalized spacial score (nSPS) is 10.8. The molecule has 0 aliphatic carbocycles. The van der Waals surface area contributed by atoms with Crippen molar-refractivity contribution in [2.24, 2.45) is 0 Å². The Morgan fingerprint density at radius 3 is 2.73 bits per heavy atom. The van der Waals surface area contributed by atoms with E-state index in [1.165, 1.54) is 35.1 Å². The molecule has 0 aliphatic rings. The third kappa shape index (κ3) is 3.99. The number of carbonyl (C=O) groups is 1. The second-order valence-electron chi connectivity index (χ2n) is 6.32. The molecule has 26 heavy (non-hydrogen) atoms. The van der Waals surface area contributed by atoms with Crippen molar-refractivity contribution in [3.05, 3.63) is 69.8 Å².